The topological polar surface area (TPSA) is 15.3 Å². The summed E-state index contributed by atoms with van der Waals surface area (Å²) in [4.78, 5) is 4.19. The van der Waals surface area contributed by atoms with Crippen molar-refractivity contribution in [3.63, 3.8) is 0 Å². The van der Waals surface area contributed by atoms with Crippen LogP contribution in [0.4, 0.5) is 0 Å². The van der Waals surface area contributed by atoms with Gasteiger partial charge in [0.15, 0.2) is 0 Å². The fourth-order valence-corrected chi connectivity index (χ4v) is 4.87. The lowest BCUT2D eigenvalue weighted by Crippen LogP contribution is -2.59. The third-order valence-electron chi connectivity index (χ3n) is 4.78. The van der Waals surface area contributed by atoms with Crippen molar-refractivity contribution < 1.29 is 0 Å². The molecule has 0 aromatic carbocycles. The second-order valence-electron chi connectivity index (χ2n) is 5.93. The summed E-state index contributed by atoms with van der Waals surface area (Å²) in [7, 11) is 0. The van der Waals surface area contributed by atoms with Crippen LogP contribution in [0.25, 0.3) is 0 Å². The van der Waals surface area contributed by atoms with E-state index in [2.05, 4.69) is 59.1 Å². The van der Waals surface area contributed by atoms with Gasteiger partial charge in [-0.2, -0.15) is 0 Å². The van der Waals surface area contributed by atoms with Crippen molar-refractivity contribution in [2.24, 2.45) is 0 Å². The van der Waals surface area contributed by atoms with Crippen molar-refractivity contribution in [1.29, 1.82) is 0 Å². The van der Waals surface area contributed by atoms with Crippen LogP contribution in [0, 0.1) is 0 Å². The standard InChI is InChI=1S/C16H27BrN2S/c1-4-16(3,19-10-6-7-11-19)14(18-5-2)12-13-8-9-15(17)20-13/h8-9,14,18H,4-7,10-12H2,1-3H3. The quantitative estimate of drug-likeness (QED) is 0.781. The predicted molar refractivity (Wildman–Crippen MR) is 92.7 cm³/mol. The molecule has 2 unspecified atom stereocenters. The number of rotatable bonds is 7. The maximum Gasteiger partial charge on any atom is 0.0701 e. The number of thiophene rings is 1. The Hall–Kier alpha value is 0.1000. The monoisotopic (exact) mass is 358 g/mol. The van der Waals surface area contributed by atoms with Gasteiger partial charge < -0.3 is 5.32 Å². The molecule has 20 heavy (non-hydrogen) atoms. The summed E-state index contributed by atoms with van der Waals surface area (Å²) in [5, 5.41) is 3.76. The van der Waals surface area contributed by atoms with E-state index in [0.717, 1.165) is 13.0 Å². The first-order valence-electron chi connectivity index (χ1n) is 7.82. The zero-order valence-electron chi connectivity index (χ0n) is 12.9. The highest BCUT2D eigenvalue weighted by Gasteiger charge is 2.39. The summed E-state index contributed by atoms with van der Waals surface area (Å²) in [5.41, 5.74) is 0.267. The van der Waals surface area contributed by atoms with Gasteiger partial charge in [-0.05, 0) is 80.3 Å². The molecule has 0 aliphatic carbocycles. The third kappa shape index (κ3) is 3.65. The summed E-state index contributed by atoms with van der Waals surface area (Å²) in [6.07, 6.45) is 5.06. The molecule has 2 atom stereocenters. The van der Waals surface area contributed by atoms with E-state index in [1.54, 1.807) is 0 Å². The number of nitrogens with one attached hydrogen (secondary N) is 1. The zero-order valence-corrected chi connectivity index (χ0v) is 15.3. The van der Waals surface area contributed by atoms with Gasteiger partial charge in [-0.1, -0.05) is 13.8 Å². The van der Waals surface area contributed by atoms with Crippen LogP contribution in [0.15, 0.2) is 15.9 Å². The maximum absolute atomic E-state index is 3.76. The van der Waals surface area contributed by atoms with Crippen LogP contribution in [0.3, 0.4) is 0 Å². The van der Waals surface area contributed by atoms with Crippen molar-refractivity contribution in [3.8, 4) is 0 Å². The Morgan fingerprint density at radius 2 is 2.05 bits per heavy atom. The molecule has 1 N–H and O–H groups in total. The Kier molecular flexibility index (Phi) is 6.09. The molecule has 1 saturated heterocycles. The fourth-order valence-electron chi connectivity index (χ4n) is 3.34. The van der Waals surface area contributed by atoms with E-state index in [1.807, 2.05) is 11.3 Å². The van der Waals surface area contributed by atoms with Crippen LogP contribution in [0.5, 0.6) is 0 Å². The highest BCUT2D eigenvalue weighted by molar-refractivity contribution is 9.11. The summed E-state index contributed by atoms with van der Waals surface area (Å²) in [6, 6.07) is 4.96. The van der Waals surface area contributed by atoms with Crippen molar-refractivity contribution in [2.45, 2.75) is 58.0 Å². The molecule has 0 saturated carbocycles. The van der Waals surface area contributed by atoms with E-state index in [1.165, 1.54) is 41.0 Å². The highest BCUT2D eigenvalue weighted by Crippen LogP contribution is 2.31. The molecule has 0 radical (unpaired) electrons. The molecule has 4 heteroatoms. The van der Waals surface area contributed by atoms with Crippen LogP contribution in [-0.2, 0) is 6.42 Å². The minimum absolute atomic E-state index is 0.267. The molecule has 0 bridgehead atoms. The van der Waals surface area contributed by atoms with E-state index in [9.17, 15) is 0 Å². The van der Waals surface area contributed by atoms with Gasteiger partial charge in [-0.15, -0.1) is 11.3 Å². The van der Waals surface area contributed by atoms with E-state index in [4.69, 9.17) is 0 Å². The van der Waals surface area contributed by atoms with Crippen molar-refractivity contribution in [1.82, 2.24) is 10.2 Å². The van der Waals surface area contributed by atoms with Crippen molar-refractivity contribution in [3.05, 3.63) is 20.8 Å². The Morgan fingerprint density at radius 1 is 1.35 bits per heavy atom. The molecule has 2 heterocycles. The molecule has 1 aromatic heterocycles. The number of hydrogen-bond acceptors (Lipinski definition) is 3. The summed E-state index contributed by atoms with van der Waals surface area (Å²) in [5.74, 6) is 0. The van der Waals surface area contributed by atoms with E-state index in [0.29, 0.717) is 6.04 Å². The average Bonchev–Trinajstić information content (AvgIpc) is 3.09. The van der Waals surface area contributed by atoms with Crippen LogP contribution < -0.4 is 5.32 Å². The average molecular weight is 359 g/mol. The molecule has 1 aromatic rings. The molecule has 1 aliphatic rings. The lowest BCUT2D eigenvalue weighted by molar-refractivity contribution is 0.0850. The number of hydrogen-bond donors (Lipinski definition) is 1. The Bertz CT molecular complexity index is 414. The third-order valence-corrected chi connectivity index (χ3v) is 6.43. The van der Waals surface area contributed by atoms with E-state index in [-0.39, 0.29) is 5.54 Å². The van der Waals surface area contributed by atoms with Gasteiger partial charge in [0.05, 0.1) is 3.79 Å². The van der Waals surface area contributed by atoms with Gasteiger partial charge in [-0.3, -0.25) is 4.90 Å². The van der Waals surface area contributed by atoms with Gasteiger partial charge in [0.25, 0.3) is 0 Å². The van der Waals surface area contributed by atoms with Gasteiger partial charge in [0, 0.05) is 16.5 Å². The maximum atomic E-state index is 3.76. The molecule has 1 aliphatic heterocycles. The number of likely N-dealkylation sites (N-methyl/N-ethyl adjacent to an activating group) is 1. The first-order valence-corrected chi connectivity index (χ1v) is 9.43. The largest absolute Gasteiger partial charge is 0.312 e. The summed E-state index contributed by atoms with van der Waals surface area (Å²) in [6.45, 7) is 10.6. The zero-order chi connectivity index (χ0) is 14.6. The first-order chi connectivity index (χ1) is 9.60. The summed E-state index contributed by atoms with van der Waals surface area (Å²) < 4.78 is 1.24. The number of likely N-dealkylation sites (tertiary alicyclic amines) is 1. The van der Waals surface area contributed by atoms with Crippen LogP contribution in [-0.4, -0.2) is 36.1 Å². The van der Waals surface area contributed by atoms with Gasteiger partial charge >= 0.3 is 0 Å². The molecular formula is C16H27BrN2S. The summed E-state index contributed by atoms with van der Waals surface area (Å²) >= 11 is 5.45. The van der Waals surface area contributed by atoms with Crippen LogP contribution in [0.1, 0.15) is 44.9 Å². The van der Waals surface area contributed by atoms with Crippen molar-refractivity contribution >= 4 is 27.3 Å². The highest BCUT2D eigenvalue weighted by atomic mass is 79.9. The molecule has 1 fully saturated rings. The second-order valence-corrected chi connectivity index (χ2v) is 8.47. The Morgan fingerprint density at radius 3 is 2.55 bits per heavy atom. The molecule has 114 valence electrons. The molecule has 0 amide bonds. The van der Waals surface area contributed by atoms with Gasteiger partial charge in [0.1, 0.15) is 0 Å². The minimum Gasteiger partial charge on any atom is -0.312 e. The first kappa shape index (κ1) is 16.5. The number of halogens is 1. The lowest BCUT2D eigenvalue weighted by Gasteiger charge is -2.45. The smallest absolute Gasteiger partial charge is 0.0701 e. The second kappa shape index (κ2) is 7.39. The molecule has 2 nitrogen and oxygen atoms in total. The van der Waals surface area contributed by atoms with Gasteiger partial charge in [-0.25, -0.2) is 0 Å². The molecule has 2 rings (SSSR count). The number of nitrogens with zero attached hydrogens (tertiary/aromatic N) is 1. The SMILES string of the molecule is CCNC(Cc1ccc(Br)s1)C(C)(CC)N1CCCC1. The van der Waals surface area contributed by atoms with E-state index >= 15 is 0 Å². The fraction of sp³-hybridized carbons (Fsp3) is 0.750. The molecule has 0 spiro atoms. The predicted octanol–water partition coefficient (Wildman–Crippen LogP) is 4.30. The van der Waals surface area contributed by atoms with Crippen LogP contribution in [0.2, 0.25) is 0 Å². The molecular weight excluding hydrogens is 332 g/mol. The van der Waals surface area contributed by atoms with E-state index < -0.39 is 0 Å². The Labute approximate surface area is 136 Å². The van der Waals surface area contributed by atoms with Crippen LogP contribution >= 0.6 is 27.3 Å². The minimum atomic E-state index is 0.267. The Balaban J connectivity index is 2.15. The normalized spacial score (nSPS) is 21.0. The lowest BCUT2D eigenvalue weighted by atomic mass is 9.85. The van der Waals surface area contributed by atoms with Gasteiger partial charge in [0.2, 0.25) is 0 Å². The van der Waals surface area contributed by atoms with Crippen molar-refractivity contribution in [2.75, 3.05) is 19.6 Å².